The average Bonchev–Trinajstić information content (AvgIpc) is 3.10. The van der Waals surface area contributed by atoms with Gasteiger partial charge in [0, 0.05) is 41.9 Å². The summed E-state index contributed by atoms with van der Waals surface area (Å²) < 4.78 is 10.8. The highest BCUT2D eigenvalue weighted by molar-refractivity contribution is 5.94. The van der Waals surface area contributed by atoms with Gasteiger partial charge < -0.3 is 24.8 Å². The number of fused-ring (bicyclic) bond motifs is 2. The summed E-state index contributed by atoms with van der Waals surface area (Å²) in [5.41, 5.74) is 3.79. The Morgan fingerprint density at radius 1 is 1.26 bits per heavy atom. The number of carbonyl (C=O) groups is 1. The predicted octanol–water partition coefficient (Wildman–Crippen LogP) is 1.18. The van der Waals surface area contributed by atoms with Crippen molar-refractivity contribution in [3.8, 4) is 11.5 Å². The van der Waals surface area contributed by atoms with Gasteiger partial charge in [0.2, 0.25) is 0 Å². The van der Waals surface area contributed by atoms with E-state index in [0.29, 0.717) is 35.8 Å². The summed E-state index contributed by atoms with van der Waals surface area (Å²) in [7, 11) is 3.14. The molecule has 1 aromatic carbocycles. The second-order valence-corrected chi connectivity index (χ2v) is 6.52. The Labute approximate surface area is 163 Å². The zero-order valence-corrected chi connectivity index (χ0v) is 16.1. The number of carbonyl (C=O) groups excluding carboxylic acids is 1. The summed E-state index contributed by atoms with van der Waals surface area (Å²) in [6.07, 6.45) is -0.0211. The number of ether oxygens (including phenoxy) is 2. The SMILES string of the molecule is COc1ccc(OC)c2c1CN(C(=O)c1n[nH]c3c1CNCC3)CC2O.Cl. The number of aromatic nitrogens is 2. The van der Waals surface area contributed by atoms with E-state index in [0.717, 1.165) is 29.8 Å². The van der Waals surface area contributed by atoms with E-state index < -0.39 is 6.10 Å². The van der Waals surface area contributed by atoms with Crippen LogP contribution in [0.1, 0.15) is 39.0 Å². The van der Waals surface area contributed by atoms with Gasteiger partial charge in [0.25, 0.3) is 5.91 Å². The molecule has 0 fully saturated rings. The van der Waals surface area contributed by atoms with Crippen molar-refractivity contribution in [3.63, 3.8) is 0 Å². The van der Waals surface area contributed by atoms with Crippen molar-refractivity contribution in [3.05, 3.63) is 40.2 Å². The fourth-order valence-corrected chi connectivity index (χ4v) is 3.78. The van der Waals surface area contributed by atoms with Gasteiger partial charge in [-0.1, -0.05) is 0 Å². The lowest BCUT2D eigenvalue weighted by atomic mass is 9.94. The van der Waals surface area contributed by atoms with E-state index >= 15 is 0 Å². The van der Waals surface area contributed by atoms with E-state index in [1.54, 1.807) is 31.3 Å². The largest absolute Gasteiger partial charge is 0.496 e. The van der Waals surface area contributed by atoms with Crippen LogP contribution >= 0.6 is 12.4 Å². The molecule has 146 valence electrons. The van der Waals surface area contributed by atoms with Crippen LogP contribution in [0.5, 0.6) is 11.5 Å². The van der Waals surface area contributed by atoms with Crippen molar-refractivity contribution < 1.29 is 19.4 Å². The van der Waals surface area contributed by atoms with Crippen LogP contribution in [-0.2, 0) is 19.5 Å². The van der Waals surface area contributed by atoms with E-state index in [1.807, 2.05) is 0 Å². The number of nitrogens with one attached hydrogen (secondary N) is 2. The number of benzene rings is 1. The Balaban J connectivity index is 0.00000210. The maximum Gasteiger partial charge on any atom is 0.275 e. The average molecular weight is 395 g/mol. The maximum atomic E-state index is 13.1. The highest BCUT2D eigenvalue weighted by Gasteiger charge is 2.34. The molecule has 0 aliphatic carbocycles. The molecule has 9 heteroatoms. The smallest absolute Gasteiger partial charge is 0.275 e. The summed E-state index contributed by atoms with van der Waals surface area (Å²) in [6.45, 7) is 2.01. The Kier molecular flexibility index (Phi) is 5.59. The third-order valence-electron chi connectivity index (χ3n) is 5.09. The van der Waals surface area contributed by atoms with Gasteiger partial charge in [0.1, 0.15) is 17.6 Å². The molecule has 8 nitrogen and oxygen atoms in total. The lowest BCUT2D eigenvalue weighted by Crippen LogP contribution is -2.39. The third-order valence-corrected chi connectivity index (χ3v) is 5.09. The van der Waals surface area contributed by atoms with Crippen LogP contribution in [0, 0.1) is 0 Å². The van der Waals surface area contributed by atoms with E-state index in [4.69, 9.17) is 9.47 Å². The Hall–Kier alpha value is -2.29. The monoisotopic (exact) mass is 394 g/mol. The summed E-state index contributed by atoms with van der Waals surface area (Å²) >= 11 is 0. The van der Waals surface area contributed by atoms with E-state index in [-0.39, 0.29) is 24.9 Å². The molecule has 0 saturated carbocycles. The van der Waals surface area contributed by atoms with Crippen LogP contribution < -0.4 is 14.8 Å². The van der Waals surface area contributed by atoms with Gasteiger partial charge in [-0.15, -0.1) is 12.4 Å². The zero-order valence-electron chi connectivity index (χ0n) is 15.2. The number of hydrogen-bond donors (Lipinski definition) is 3. The molecular formula is C18H23ClN4O4. The van der Waals surface area contributed by atoms with Gasteiger partial charge in [0.05, 0.1) is 27.3 Å². The number of halogens is 1. The summed E-state index contributed by atoms with van der Waals surface area (Å²) in [5.74, 6) is 1.03. The first-order valence-corrected chi connectivity index (χ1v) is 8.62. The fraction of sp³-hybridized carbons (Fsp3) is 0.444. The second-order valence-electron chi connectivity index (χ2n) is 6.52. The normalized spacial score (nSPS) is 18.2. The number of aliphatic hydroxyl groups excluding tert-OH is 1. The fourth-order valence-electron chi connectivity index (χ4n) is 3.78. The number of nitrogens with zero attached hydrogens (tertiary/aromatic N) is 2. The van der Waals surface area contributed by atoms with E-state index in [2.05, 4.69) is 15.5 Å². The summed E-state index contributed by atoms with van der Waals surface area (Å²) in [6, 6.07) is 3.56. The van der Waals surface area contributed by atoms with Gasteiger partial charge >= 0.3 is 0 Å². The first-order chi connectivity index (χ1) is 12.6. The lowest BCUT2D eigenvalue weighted by molar-refractivity contribution is 0.0532. The van der Waals surface area contributed by atoms with Gasteiger partial charge in [-0.2, -0.15) is 5.10 Å². The standard InChI is InChI=1S/C18H22N4O4.ClH/c1-25-14-3-4-15(26-2)16-11(14)8-22(9-13(16)23)18(24)17-10-7-19-6-5-12(10)20-21-17;/h3-4,13,19,23H,5-9H2,1-2H3,(H,20,21);1H. The molecule has 3 heterocycles. The number of amides is 1. The van der Waals surface area contributed by atoms with E-state index in [1.165, 1.54) is 0 Å². The number of aliphatic hydroxyl groups is 1. The predicted molar refractivity (Wildman–Crippen MR) is 100 cm³/mol. The summed E-state index contributed by atoms with van der Waals surface area (Å²) in [5, 5.41) is 21.2. The first kappa shape index (κ1) is 19.5. The molecule has 0 spiro atoms. The molecule has 2 aliphatic rings. The van der Waals surface area contributed by atoms with Crippen LogP contribution in [0.15, 0.2) is 12.1 Å². The summed E-state index contributed by atoms with van der Waals surface area (Å²) in [4.78, 5) is 14.7. The van der Waals surface area contributed by atoms with Gasteiger partial charge in [-0.3, -0.25) is 9.89 Å². The molecular weight excluding hydrogens is 372 g/mol. The third kappa shape index (κ3) is 3.24. The minimum Gasteiger partial charge on any atom is -0.496 e. The van der Waals surface area contributed by atoms with Crippen molar-refractivity contribution in [2.24, 2.45) is 0 Å². The van der Waals surface area contributed by atoms with Gasteiger partial charge in [-0.25, -0.2) is 0 Å². The molecule has 1 unspecified atom stereocenters. The van der Waals surface area contributed by atoms with Crippen molar-refractivity contribution >= 4 is 18.3 Å². The Morgan fingerprint density at radius 3 is 2.74 bits per heavy atom. The van der Waals surface area contributed by atoms with Crippen LogP contribution in [0.4, 0.5) is 0 Å². The molecule has 1 amide bonds. The van der Waals surface area contributed by atoms with Crippen molar-refractivity contribution in [1.82, 2.24) is 20.4 Å². The topological polar surface area (TPSA) is 99.7 Å². The molecule has 0 saturated heterocycles. The van der Waals surface area contributed by atoms with E-state index in [9.17, 15) is 9.90 Å². The molecule has 1 atom stereocenters. The van der Waals surface area contributed by atoms with Gasteiger partial charge in [0.15, 0.2) is 5.69 Å². The molecule has 27 heavy (non-hydrogen) atoms. The Bertz CT molecular complexity index is 854. The molecule has 4 rings (SSSR count). The molecule has 2 aliphatic heterocycles. The minimum absolute atomic E-state index is 0. The number of H-pyrrole nitrogens is 1. The highest BCUT2D eigenvalue weighted by Crippen LogP contribution is 2.39. The van der Waals surface area contributed by atoms with Crippen LogP contribution in [0.3, 0.4) is 0 Å². The number of hydrogen-bond acceptors (Lipinski definition) is 6. The maximum absolute atomic E-state index is 13.1. The first-order valence-electron chi connectivity index (χ1n) is 8.62. The molecule has 3 N–H and O–H groups in total. The molecule has 1 aromatic heterocycles. The highest BCUT2D eigenvalue weighted by atomic mass is 35.5. The number of methoxy groups -OCH3 is 2. The second kappa shape index (κ2) is 7.75. The number of rotatable bonds is 3. The van der Waals surface area contributed by atoms with Crippen molar-refractivity contribution in [2.75, 3.05) is 27.3 Å². The molecule has 2 aromatic rings. The number of aromatic amines is 1. The van der Waals surface area contributed by atoms with Crippen LogP contribution in [0.2, 0.25) is 0 Å². The van der Waals surface area contributed by atoms with Crippen LogP contribution in [-0.4, -0.2) is 53.4 Å². The number of β-amino-alcohol motifs (C(OH)–C–C–N with tert-alkyl or cyclic N) is 1. The molecule has 0 radical (unpaired) electrons. The minimum atomic E-state index is -0.847. The van der Waals surface area contributed by atoms with Crippen LogP contribution in [0.25, 0.3) is 0 Å². The van der Waals surface area contributed by atoms with Gasteiger partial charge in [-0.05, 0) is 12.1 Å². The quantitative estimate of drug-likeness (QED) is 0.723. The zero-order chi connectivity index (χ0) is 18.3. The lowest BCUT2D eigenvalue weighted by Gasteiger charge is -2.33. The molecule has 0 bridgehead atoms. The van der Waals surface area contributed by atoms with Crippen molar-refractivity contribution in [1.29, 1.82) is 0 Å². The van der Waals surface area contributed by atoms with Crippen molar-refractivity contribution in [2.45, 2.75) is 25.6 Å². The Morgan fingerprint density at radius 2 is 2.00 bits per heavy atom.